The lowest BCUT2D eigenvalue weighted by atomic mass is 9.82. The highest BCUT2D eigenvalue weighted by Crippen LogP contribution is 2.42. The van der Waals surface area contributed by atoms with Crippen molar-refractivity contribution >= 4 is 6.29 Å². The third-order valence-electron chi connectivity index (χ3n) is 3.80. The Kier molecular flexibility index (Phi) is 3.22. The number of rotatable bonds is 3. The fourth-order valence-electron chi connectivity index (χ4n) is 3.05. The first-order valence-corrected chi connectivity index (χ1v) is 5.92. The van der Waals surface area contributed by atoms with E-state index in [1.54, 1.807) is 0 Å². The summed E-state index contributed by atoms with van der Waals surface area (Å²) in [5.74, 6) is 0.743. The summed E-state index contributed by atoms with van der Waals surface area (Å²) in [7, 11) is 0. The molecule has 2 fully saturated rings. The molecule has 80 valence electrons. The number of hydrogen-bond acceptors (Lipinski definition) is 2. The zero-order valence-electron chi connectivity index (χ0n) is 8.84. The second-order valence-electron chi connectivity index (χ2n) is 4.84. The van der Waals surface area contributed by atoms with Crippen molar-refractivity contribution < 1.29 is 9.53 Å². The Bertz CT molecular complexity index is 194. The fourth-order valence-corrected chi connectivity index (χ4v) is 3.05. The van der Waals surface area contributed by atoms with Crippen LogP contribution in [-0.4, -0.2) is 18.5 Å². The average molecular weight is 196 g/mol. The molecule has 0 radical (unpaired) electrons. The smallest absolute Gasteiger partial charge is 0.120 e. The molecule has 0 N–H and O–H groups in total. The Morgan fingerprint density at radius 1 is 1.36 bits per heavy atom. The van der Waals surface area contributed by atoms with E-state index in [1.165, 1.54) is 32.1 Å². The van der Waals surface area contributed by atoms with Gasteiger partial charge in [0.2, 0.25) is 0 Å². The Morgan fingerprint density at radius 3 is 2.86 bits per heavy atom. The number of hydrogen-bond donors (Lipinski definition) is 0. The van der Waals surface area contributed by atoms with E-state index in [-0.39, 0.29) is 5.60 Å². The molecule has 2 rings (SSSR count). The van der Waals surface area contributed by atoms with Crippen LogP contribution in [0.1, 0.15) is 51.4 Å². The number of ether oxygens (including phenoxy) is 1. The van der Waals surface area contributed by atoms with Crippen LogP contribution in [0.5, 0.6) is 0 Å². The second kappa shape index (κ2) is 4.43. The zero-order valence-corrected chi connectivity index (χ0v) is 8.84. The molecule has 0 amide bonds. The maximum atomic E-state index is 10.3. The van der Waals surface area contributed by atoms with E-state index in [4.69, 9.17) is 4.74 Å². The van der Waals surface area contributed by atoms with Gasteiger partial charge in [-0.2, -0.15) is 0 Å². The normalized spacial score (nSPS) is 30.7. The van der Waals surface area contributed by atoms with Gasteiger partial charge in [0.15, 0.2) is 0 Å². The van der Waals surface area contributed by atoms with E-state index in [0.717, 1.165) is 38.1 Å². The highest BCUT2D eigenvalue weighted by atomic mass is 16.5. The summed E-state index contributed by atoms with van der Waals surface area (Å²) in [4.78, 5) is 10.3. The molecule has 1 heterocycles. The third-order valence-corrected chi connectivity index (χ3v) is 3.80. The van der Waals surface area contributed by atoms with Crippen LogP contribution in [0.4, 0.5) is 0 Å². The maximum absolute atomic E-state index is 10.3. The van der Waals surface area contributed by atoms with Gasteiger partial charge < -0.3 is 9.53 Å². The summed E-state index contributed by atoms with van der Waals surface area (Å²) in [6, 6.07) is 0. The predicted molar refractivity (Wildman–Crippen MR) is 55.2 cm³/mol. The lowest BCUT2D eigenvalue weighted by Gasteiger charge is -2.38. The van der Waals surface area contributed by atoms with E-state index in [9.17, 15) is 4.79 Å². The predicted octanol–water partition coefficient (Wildman–Crippen LogP) is 2.70. The lowest BCUT2D eigenvalue weighted by molar-refractivity contribution is -0.110. The van der Waals surface area contributed by atoms with Gasteiger partial charge in [0, 0.05) is 13.0 Å². The molecule has 0 aromatic heterocycles. The molecule has 0 bridgehead atoms. The Labute approximate surface area is 86.0 Å². The second-order valence-corrected chi connectivity index (χ2v) is 4.84. The SMILES string of the molecule is O=CCCC1CCOC2(CCCC2)C1. The number of carbonyl (C=O) groups excluding carboxylic acids is 1. The van der Waals surface area contributed by atoms with Gasteiger partial charge in [-0.25, -0.2) is 0 Å². The topological polar surface area (TPSA) is 26.3 Å². The van der Waals surface area contributed by atoms with Crippen LogP contribution in [-0.2, 0) is 9.53 Å². The third kappa shape index (κ3) is 2.17. The summed E-state index contributed by atoms with van der Waals surface area (Å²) < 4.78 is 5.95. The van der Waals surface area contributed by atoms with Gasteiger partial charge >= 0.3 is 0 Å². The van der Waals surface area contributed by atoms with Crippen molar-refractivity contribution in [3.63, 3.8) is 0 Å². The average Bonchev–Trinajstić information content (AvgIpc) is 2.63. The van der Waals surface area contributed by atoms with E-state index >= 15 is 0 Å². The molecule has 1 unspecified atom stereocenters. The van der Waals surface area contributed by atoms with Crippen LogP contribution in [0.15, 0.2) is 0 Å². The number of aldehydes is 1. The van der Waals surface area contributed by atoms with Gasteiger partial charge in [-0.3, -0.25) is 0 Å². The molecule has 14 heavy (non-hydrogen) atoms. The molecule has 1 spiro atoms. The monoisotopic (exact) mass is 196 g/mol. The molecule has 2 aliphatic rings. The molecule has 1 aliphatic heterocycles. The van der Waals surface area contributed by atoms with Crippen molar-refractivity contribution in [3.8, 4) is 0 Å². The molecule has 1 aliphatic carbocycles. The zero-order chi connectivity index (χ0) is 9.86. The molecular weight excluding hydrogens is 176 g/mol. The molecule has 1 saturated carbocycles. The van der Waals surface area contributed by atoms with Gasteiger partial charge in [0.1, 0.15) is 6.29 Å². The van der Waals surface area contributed by atoms with Gasteiger partial charge in [-0.1, -0.05) is 12.8 Å². The first kappa shape index (κ1) is 10.2. The van der Waals surface area contributed by atoms with Gasteiger partial charge in [-0.05, 0) is 38.0 Å². The highest BCUT2D eigenvalue weighted by Gasteiger charge is 2.39. The molecule has 1 atom stereocenters. The first-order valence-electron chi connectivity index (χ1n) is 5.92. The van der Waals surface area contributed by atoms with Crippen molar-refractivity contribution in [1.82, 2.24) is 0 Å². The molecular formula is C12H20O2. The van der Waals surface area contributed by atoms with E-state index in [1.807, 2.05) is 0 Å². The Morgan fingerprint density at radius 2 is 2.14 bits per heavy atom. The summed E-state index contributed by atoms with van der Waals surface area (Å²) in [5.41, 5.74) is 0.228. The van der Waals surface area contributed by atoms with Crippen molar-refractivity contribution in [1.29, 1.82) is 0 Å². The van der Waals surface area contributed by atoms with Crippen LogP contribution in [0.25, 0.3) is 0 Å². The summed E-state index contributed by atoms with van der Waals surface area (Å²) >= 11 is 0. The van der Waals surface area contributed by atoms with E-state index in [2.05, 4.69) is 0 Å². The van der Waals surface area contributed by atoms with Crippen LogP contribution in [0.2, 0.25) is 0 Å². The van der Waals surface area contributed by atoms with Gasteiger partial charge in [-0.15, -0.1) is 0 Å². The molecule has 2 heteroatoms. The summed E-state index contributed by atoms with van der Waals surface area (Å²) in [5, 5.41) is 0. The van der Waals surface area contributed by atoms with Crippen molar-refractivity contribution in [2.45, 2.75) is 57.0 Å². The van der Waals surface area contributed by atoms with Crippen molar-refractivity contribution in [2.24, 2.45) is 5.92 Å². The quantitative estimate of drug-likeness (QED) is 0.649. The van der Waals surface area contributed by atoms with E-state index in [0.29, 0.717) is 0 Å². The lowest BCUT2D eigenvalue weighted by Crippen LogP contribution is -2.37. The standard InChI is InChI=1S/C12H20O2/c13-8-3-4-11-5-9-14-12(10-11)6-1-2-7-12/h8,11H,1-7,9-10H2. The molecule has 0 aromatic carbocycles. The van der Waals surface area contributed by atoms with Crippen LogP contribution in [0, 0.1) is 5.92 Å². The largest absolute Gasteiger partial charge is 0.375 e. The van der Waals surface area contributed by atoms with Crippen LogP contribution in [0.3, 0.4) is 0 Å². The van der Waals surface area contributed by atoms with Crippen molar-refractivity contribution in [3.05, 3.63) is 0 Å². The summed E-state index contributed by atoms with van der Waals surface area (Å²) in [6.45, 7) is 0.920. The fraction of sp³-hybridized carbons (Fsp3) is 0.917. The maximum Gasteiger partial charge on any atom is 0.120 e. The van der Waals surface area contributed by atoms with Crippen LogP contribution < -0.4 is 0 Å². The Balaban J connectivity index is 1.86. The first-order chi connectivity index (χ1) is 6.85. The minimum atomic E-state index is 0.228. The number of carbonyl (C=O) groups is 1. The highest BCUT2D eigenvalue weighted by molar-refractivity contribution is 5.49. The van der Waals surface area contributed by atoms with E-state index < -0.39 is 0 Å². The summed E-state index contributed by atoms with van der Waals surface area (Å²) in [6.07, 6.45) is 10.4. The van der Waals surface area contributed by atoms with Gasteiger partial charge in [0.25, 0.3) is 0 Å². The molecule has 0 aromatic rings. The minimum Gasteiger partial charge on any atom is -0.375 e. The molecule has 1 saturated heterocycles. The molecule has 2 nitrogen and oxygen atoms in total. The van der Waals surface area contributed by atoms with Crippen molar-refractivity contribution in [2.75, 3.05) is 6.61 Å². The Hall–Kier alpha value is -0.370. The van der Waals surface area contributed by atoms with Crippen LogP contribution >= 0.6 is 0 Å². The van der Waals surface area contributed by atoms with Gasteiger partial charge in [0.05, 0.1) is 5.60 Å². The minimum absolute atomic E-state index is 0.228.